The third-order valence-corrected chi connectivity index (χ3v) is 4.76. The first-order chi connectivity index (χ1) is 9.74. The Labute approximate surface area is 127 Å². The Hall–Kier alpha value is -0.450. The van der Waals surface area contributed by atoms with E-state index in [1.165, 1.54) is 56.0 Å². The van der Waals surface area contributed by atoms with Crippen molar-refractivity contribution < 1.29 is 0 Å². The number of nitrogens with zero attached hydrogens (tertiary/aromatic N) is 2. The minimum Gasteiger partial charge on any atom is -0.311 e. The van der Waals surface area contributed by atoms with Crippen molar-refractivity contribution in [3.8, 4) is 0 Å². The zero-order chi connectivity index (χ0) is 14.2. The van der Waals surface area contributed by atoms with Crippen molar-refractivity contribution in [2.75, 3.05) is 26.2 Å². The molecule has 2 rings (SSSR count). The molecule has 3 nitrogen and oxygen atoms in total. The molecule has 0 aliphatic carbocycles. The Morgan fingerprint density at radius 2 is 2.00 bits per heavy atom. The summed E-state index contributed by atoms with van der Waals surface area (Å²) in [4.78, 5) is 7.36. The second-order valence-corrected chi connectivity index (χ2v) is 7.21. The van der Waals surface area contributed by atoms with E-state index in [-0.39, 0.29) is 0 Å². The molecule has 4 heteroatoms. The highest BCUT2D eigenvalue weighted by Crippen LogP contribution is 2.13. The fourth-order valence-corrected chi connectivity index (χ4v) is 3.43. The van der Waals surface area contributed by atoms with Gasteiger partial charge in [-0.2, -0.15) is 0 Å². The predicted molar refractivity (Wildman–Crippen MR) is 87.3 cm³/mol. The Morgan fingerprint density at radius 3 is 2.70 bits per heavy atom. The van der Waals surface area contributed by atoms with Crippen molar-refractivity contribution in [1.29, 1.82) is 0 Å². The number of thiazole rings is 1. The highest BCUT2D eigenvalue weighted by Gasteiger charge is 2.10. The highest BCUT2D eigenvalue weighted by molar-refractivity contribution is 7.09. The van der Waals surface area contributed by atoms with E-state index in [1.807, 2.05) is 11.3 Å². The lowest BCUT2D eigenvalue weighted by atomic mass is 10.2. The smallest absolute Gasteiger partial charge is 0.0941 e. The van der Waals surface area contributed by atoms with Gasteiger partial charge in [-0.25, -0.2) is 4.98 Å². The van der Waals surface area contributed by atoms with Gasteiger partial charge in [0.1, 0.15) is 0 Å². The summed E-state index contributed by atoms with van der Waals surface area (Å²) in [5, 5.41) is 6.98. The van der Waals surface area contributed by atoms with Gasteiger partial charge in [-0.1, -0.05) is 26.7 Å². The summed E-state index contributed by atoms with van der Waals surface area (Å²) < 4.78 is 0. The van der Waals surface area contributed by atoms with Crippen molar-refractivity contribution in [2.24, 2.45) is 5.92 Å². The molecule has 2 heterocycles. The van der Waals surface area contributed by atoms with Crippen LogP contribution < -0.4 is 5.32 Å². The third kappa shape index (κ3) is 5.90. The molecule has 0 unspecified atom stereocenters. The average Bonchev–Trinajstić information content (AvgIpc) is 2.71. The molecule has 1 N–H and O–H groups in total. The quantitative estimate of drug-likeness (QED) is 0.836. The molecule has 1 aliphatic heterocycles. The maximum absolute atomic E-state index is 4.74. The normalized spacial score (nSPS) is 17.6. The molecule has 1 saturated heterocycles. The maximum atomic E-state index is 4.74. The van der Waals surface area contributed by atoms with Crippen LogP contribution in [0.15, 0.2) is 5.38 Å². The molecule has 1 aliphatic rings. The number of aromatic nitrogens is 1. The third-order valence-electron chi connectivity index (χ3n) is 3.80. The molecule has 20 heavy (non-hydrogen) atoms. The summed E-state index contributed by atoms with van der Waals surface area (Å²) in [7, 11) is 0. The van der Waals surface area contributed by atoms with Crippen LogP contribution in [-0.4, -0.2) is 36.1 Å². The molecular weight excluding hydrogens is 266 g/mol. The maximum Gasteiger partial charge on any atom is 0.0941 e. The van der Waals surface area contributed by atoms with E-state index in [0.29, 0.717) is 5.92 Å². The monoisotopic (exact) mass is 295 g/mol. The summed E-state index contributed by atoms with van der Waals surface area (Å²) in [6.45, 7) is 10.2. The van der Waals surface area contributed by atoms with Gasteiger partial charge < -0.3 is 10.2 Å². The van der Waals surface area contributed by atoms with Gasteiger partial charge in [-0.3, -0.25) is 0 Å². The predicted octanol–water partition coefficient (Wildman–Crippen LogP) is 3.31. The van der Waals surface area contributed by atoms with Crippen molar-refractivity contribution in [3.63, 3.8) is 0 Å². The Kier molecular flexibility index (Phi) is 6.97. The summed E-state index contributed by atoms with van der Waals surface area (Å²) >= 11 is 1.82. The van der Waals surface area contributed by atoms with E-state index < -0.39 is 0 Å². The van der Waals surface area contributed by atoms with Crippen LogP contribution in [0.3, 0.4) is 0 Å². The topological polar surface area (TPSA) is 28.2 Å². The van der Waals surface area contributed by atoms with Crippen LogP contribution in [0, 0.1) is 5.92 Å². The van der Waals surface area contributed by atoms with Crippen molar-refractivity contribution >= 4 is 11.3 Å². The molecular formula is C16H29N3S. The summed E-state index contributed by atoms with van der Waals surface area (Å²) in [5.74, 6) is 0.705. The highest BCUT2D eigenvalue weighted by atomic mass is 32.1. The molecule has 1 aromatic heterocycles. The molecule has 0 aromatic carbocycles. The summed E-state index contributed by atoms with van der Waals surface area (Å²) in [6, 6.07) is 0. The molecule has 0 radical (unpaired) electrons. The van der Waals surface area contributed by atoms with E-state index >= 15 is 0 Å². The lowest BCUT2D eigenvalue weighted by Gasteiger charge is -2.18. The van der Waals surface area contributed by atoms with Crippen LogP contribution in [0.25, 0.3) is 0 Å². The molecule has 1 fully saturated rings. The summed E-state index contributed by atoms with van der Waals surface area (Å²) in [5.41, 5.74) is 1.21. The van der Waals surface area contributed by atoms with Crippen LogP contribution >= 0.6 is 11.3 Å². The first kappa shape index (κ1) is 15.9. The van der Waals surface area contributed by atoms with Crippen LogP contribution in [0.2, 0.25) is 0 Å². The van der Waals surface area contributed by atoms with Gasteiger partial charge in [0.05, 0.1) is 10.7 Å². The van der Waals surface area contributed by atoms with E-state index in [0.717, 1.165) is 19.5 Å². The van der Waals surface area contributed by atoms with Crippen molar-refractivity contribution in [2.45, 2.75) is 52.5 Å². The van der Waals surface area contributed by atoms with Gasteiger partial charge >= 0.3 is 0 Å². The van der Waals surface area contributed by atoms with E-state index in [1.54, 1.807) is 0 Å². The van der Waals surface area contributed by atoms with Crippen LogP contribution in [0.5, 0.6) is 0 Å². The van der Waals surface area contributed by atoms with Gasteiger partial charge in [0.25, 0.3) is 0 Å². The zero-order valence-electron chi connectivity index (χ0n) is 13.0. The molecule has 0 spiro atoms. The first-order valence-electron chi connectivity index (χ1n) is 8.10. The molecule has 1 aromatic rings. The van der Waals surface area contributed by atoms with Crippen LogP contribution in [-0.2, 0) is 13.0 Å². The minimum atomic E-state index is 0.705. The van der Waals surface area contributed by atoms with Gasteiger partial charge in [0, 0.05) is 24.9 Å². The van der Waals surface area contributed by atoms with Crippen LogP contribution in [0.1, 0.15) is 50.2 Å². The lowest BCUT2D eigenvalue weighted by Crippen LogP contribution is -2.27. The molecule has 114 valence electrons. The Bertz CT molecular complexity index is 368. The van der Waals surface area contributed by atoms with E-state index in [2.05, 4.69) is 29.4 Å². The molecule has 0 saturated carbocycles. The number of hydrogen-bond acceptors (Lipinski definition) is 4. The van der Waals surface area contributed by atoms with E-state index in [9.17, 15) is 0 Å². The number of rotatable bonds is 7. The van der Waals surface area contributed by atoms with Gasteiger partial charge in [-0.05, 0) is 38.4 Å². The van der Waals surface area contributed by atoms with Gasteiger partial charge in [-0.15, -0.1) is 11.3 Å². The van der Waals surface area contributed by atoms with E-state index in [4.69, 9.17) is 4.98 Å². The lowest BCUT2D eigenvalue weighted by molar-refractivity contribution is 0.288. The minimum absolute atomic E-state index is 0.705. The zero-order valence-corrected chi connectivity index (χ0v) is 13.8. The second-order valence-electron chi connectivity index (χ2n) is 6.26. The fourth-order valence-electron chi connectivity index (χ4n) is 2.65. The standard InChI is InChI=1S/C16H29N3S/c1-14(2)11-17-12-15-13-20-16(18-15)7-10-19-8-5-3-4-6-9-19/h13-14,17H,3-12H2,1-2H3. The first-order valence-corrected chi connectivity index (χ1v) is 8.98. The SMILES string of the molecule is CC(C)CNCc1csc(CCN2CCCCCC2)n1. The number of hydrogen-bond donors (Lipinski definition) is 1. The number of nitrogens with one attached hydrogen (secondary N) is 1. The second kappa shape index (κ2) is 8.75. The van der Waals surface area contributed by atoms with Crippen molar-refractivity contribution in [3.05, 3.63) is 16.1 Å². The fraction of sp³-hybridized carbons (Fsp3) is 0.812. The summed E-state index contributed by atoms with van der Waals surface area (Å²) in [6.07, 6.45) is 6.71. The van der Waals surface area contributed by atoms with Gasteiger partial charge in [0.15, 0.2) is 0 Å². The molecule has 0 amide bonds. The van der Waals surface area contributed by atoms with Gasteiger partial charge in [0.2, 0.25) is 0 Å². The largest absolute Gasteiger partial charge is 0.311 e. The Morgan fingerprint density at radius 1 is 1.25 bits per heavy atom. The van der Waals surface area contributed by atoms with Crippen molar-refractivity contribution in [1.82, 2.24) is 15.2 Å². The van der Waals surface area contributed by atoms with Crippen LogP contribution in [0.4, 0.5) is 0 Å². The Balaban J connectivity index is 1.69. The molecule has 0 atom stereocenters. The molecule has 0 bridgehead atoms. The number of likely N-dealkylation sites (tertiary alicyclic amines) is 1. The average molecular weight is 295 g/mol.